The molecule has 1 aromatic carbocycles. The highest BCUT2D eigenvalue weighted by Gasteiger charge is 2.19. The third-order valence-corrected chi connectivity index (χ3v) is 2.44. The Kier molecular flexibility index (Phi) is 2.62. The highest BCUT2D eigenvalue weighted by atomic mass is 16.3. The van der Waals surface area contributed by atoms with Crippen LogP contribution in [0.2, 0.25) is 0 Å². The summed E-state index contributed by atoms with van der Waals surface area (Å²) in [6.45, 7) is 2.78. The van der Waals surface area contributed by atoms with Crippen LogP contribution in [0.1, 0.15) is 12.0 Å². The number of likely N-dealkylation sites (tertiary alicyclic amines) is 1. The molecule has 13 heavy (non-hydrogen) atoms. The van der Waals surface area contributed by atoms with Crippen molar-refractivity contribution in [3.05, 3.63) is 35.9 Å². The average molecular weight is 176 g/mol. The minimum Gasteiger partial charge on any atom is -0.392 e. The Balaban J connectivity index is 1.92. The molecule has 1 fully saturated rings. The van der Waals surface area contributed by atoms with E-state index in [1.165, 1.54) is 5.56 Å². The summed E-state index contributed by atoms with van der Waals surface area (Å²) in [7, 11) is 0. The van der Waals surface area contributed by atoms with Crippen molar-refractivity contribution >= 4 is 0 Å². The molecule has 0 aromatic heterocycles. The first kappa shape index (κ1) is 8.73. The van der Waals surface area contributed by atoms with E-state index in [-0.39, 0.29) is 6.10 Å². The van der Waals surface area contributed by atoms with Gasteiger partial charge in [0.2, 0.25) is 0 Å². The van der Waals surface area contributed by atoms with Crippen molar-refractivity contribution in [1.29, 1.82) is 0 Å². The second kappa shape index (κ2) is 3.90. The molecule has 0 aliphatic carbocycles. The molecule has 69 valence electrons. The number of aliphatic hydroxyl groups excluding tert-OH is 1. The molecule has 1 saturated heterocycles. The lowest BCUT2D eigenvalue weighted by atomic mass is 10.2. The van der Waals surface area contributed by atoms with E-state index in [1.54, 1.807) is 0 Å². The first-order chi connectivity index (χ1) is 6.34. The van der Waals surface area contributed by atoms with Crippen LogP contribution in [0.15, 0.2) is 24.3 Å². The van der Waals surface area contributed by atoms with E-state index < -0.39 is 0 Å². The van der Waals surface area contributed by atoms with Gasteiger partial charge in [-0.05, 0) is 18.1 Å². The number of β-amino-alcohol motifs (C(OH)–C–C–N with tert-alkyl or cyclic N) is 1. The number of rotatable bonds is 2. The van der Waals surface area contributed by atoms with Gasteiger partial charge in [0, 0.05) is 19.6 Å². The quantitative estimate of drug-likeness (QED) is 0.728. The second-order valence-electron chi connectivity index (χ2n) is 3.59. The van der Waals surface area contributed by atoms with Gasteiger partial charge in [-0.25, -0.2) is 0 Å². The Labute approximate surface area is 78.8 Å². The molecule has 1 aromatic rings. The van der Waals surface area contributed by atoms with Crippen LogP contribution in [0.5, 0.6) is 0 Å². The largest absolute Gasteiger partial charge is 0.392 e. The van der Waals surface area contributed by atoms with E-state index in [2.05, 4.69) is 23.1 Å². The normalized spacial score (nSPS) is 23.6. The lowest BCUT2D eigenvalue weighted by Crippen LogP contribution is -2.21. The topological polar surface area (TPSA) is 23.5 Å². The zero-order valence-corrected chi connectivity index (χ0v) is 7.61. The highest BCUT2D eigenvalue weighted by molar-refractivity contribution is 5.13. The molecule has 0 amide bonds. The Hall–Kier alpha value is -0.860. The van der Waals surface area contributed by atoms with Crippen LogP contribution < -0.4 is 0 Å². The van der Waals surface area contributed by atoms with Gasteiger partial charge in [0.25, 0.3) is 0 Å². The maximum absolute atomic E-state index is 9.33. The van der Waals surface area contributed by atoms with Crippen molar-refractivity contribution in [2.75, 3.05) is 13.1 Å². The van der Waals surface area contributed by atoms with Gasteiger partial charge in [-0.3, -0.25) is 4.90 Å². The molecule has 2 rings (SSSR count). The number of hydrogen-bond acceptors (Lipinski definition) is 2. The lowest BCUT2D eigenvalue weighted by Gasteiger charge is -2.14. The van der Waals surface area contributed by atoms with Crippen LogP contribution in [0.3, 0.4) is 0 Å². The zero-order chi connectivity index (χ0) is 9.10. The van der Waals surface area contributed by atoms with Crippen LogP contribution in [-0.4, -0.2) is 29.2 Å². The molecule has 0 bridgehead atoms. The molecule has 1 radical (unpaired) electrons. The summed E-state index contributed by atoms with van der Waals surface area (Å²) in [5.74, 6) is 0. The van der Waals surface area contributed by atoms with E-state index >= 15 is 0 Å². The summed E-state index contributed by atoms with van der Waals surface area (Å²) in [6, 6.07) is 11.0. The van der Waals surface area contributed by atoms with Gasteiger partial charge >= 0.3 is 0 Å². The molecule has 0 spiro atoms. The highest BCUT2D eigenvalue weighted by Crippen LogP contribution is 2.12. The van der Waals surface area contributed by atoms with Crippen molar-refractivity contribution in [3.63, 3.8) is 0 Å². The summed E-state index contributed by atoms with van der Waals surface area (Å²) in [6.07, 6.45) is 0.800. The summed E-state index contributed by atoms with van der Waals surface area (Å²) in [5, 5.41) is 9.33. The van der Waals surface area contributed by atoms with Crippen molar-refractivity contribution in [2.24, 2.45) is 0 Å². The molecule has 1 heterocycles. The van der Waals surface area contributed by atoms with Crippen LogP contribution in [0, 0.1) is 6.07 Å². The van der Waals surface area contributed by atoms with Gasteiger partial charge in [-0.1, -0.05) is 24.3 Å². The molecular weight excluding hydrogens is 162 g/mol. The van der Waals surface area contributed by atoms with Crippen LogP contribution >= 0.6 is 0 Å². The monoisotopic (exact) mass is 176 g/mol. The minimum atomic E-state index is -0.115. The Morgan fingerprint density at radius 3 is 2.85 bits per heavy atom. The zero-order valence-electron chi connectivity index (χ0n) is 7.61. The number of benzene rings is 1. The van der Waals surface area contributed by atoms with Crippen molar-refractivity contribution in [2.45, 2.75) is 19.1 Å². The third-order valence-electron chi connectivity index (χ3n) is 2.44. The molecule has 1 atom stereocenters. The van der Waals surface area contributed by atoms with Crippen molar-refractivity contribution in [1.82, 2.24) is 4.90 Å². The molecule has 1 N–H and O–H groups in total. The predicted octanol–water partition coefficient (Wildman–Crippen LogP) is 1.05. The van der Waals surface area contributed by atoms with Gasteiger partial charge < -0.3 is 5.11 Å². The molecular formula is C11H14NO. The molecule has 2 nitrogen and oxygen atoms in total. The van der Waals surface area contributed by atoms with Gasteiger partial charge in [0.1, 0.15) is 0 Å². The Morgan fingerprint density at radius 2 is 2.23 bits per heavy atom. The van der Waals surface area contributed by atoms with Crippen LogP contribution in [0.4, 0.5) is 0 Å². The average Bonchev–Trinajstić information content (AvgIpc) is 2.53. The third kappa shape index (κ3) is 2.29. The van der Waals surface area contributed by atoms with Gasteiger partial charge in [0.15, 0.2) is 0 Å². The standard InChI is InChI=1S/C11H14NO/c13-11-6-7-12(9-11)8-10-4-2-1-3-5-10/h2-5,11,13H,6-9H2. The molecule has 2 heteroatoms. The molecule has 1 aliphatic rings. The van der Waals surface area contributed by atoms with Gasteiger partial charge in [0.05, 0.1) is 6.10 Å². The van der Waals surface area contributed by atoms with E-state index in [4.69, 9.17) is 0 Å². The number of aliphatic hydroxyl groups is 1. The fourth-order valence-electron chi connectivity index (χ4n) is 1.74. The maximum Gasteiger partial charge on any atom is 0.0679 e. The number of hydrogen-bond donors (Lipinski definition) is 1. The SMILES string of the molecule is OC1CCN(Cc2cc[c]cc2)C1. The van der Waals surface area contributed by atoms with E-state index in [0.29, 0.717) is 0 Å². The summed E-state index contributed by atoms with van der Waals surface area (Å²) in [5.41, 5.74) is 1.30. The van der Waals surface area contributed by atoms with Crippen molar-refractivity contribution in [3.8, 4) is 0 Å². The summed E-state index contributed by atoms with van der Waals surface area (Å²) < 4.78 is 0. The summed E-state index contributed by atoms with van der Waals surface area (Å²) >= 11 is 0. The molecule has 0 saturated carbocycles. The lowest BCUT2D eigenvalue weighted by molar-refractivity contribution is 0.175. The Morgan fingerprint density at radius 1 is 1.46 bits per heavy atom. The van der Waals surface area contributed by atoms with Gasteiger partial charge in [-0.15, -0.1) is 0 Å². The van der Waals surface area contributed by atoms with E-state index in [0.717, 1.165) is 26.1 Å². The van der Waals surface area contributed by atoms with E-state index in [1.807, 2.05) is 12.1 Å². The predicted molar refractivity (Wildman–Crippen MR) is 51.2 cm³/mol. The van der Waals surface area contributed by atoms with Crippen LogP contribution in [0.25, 0.3) is 0 Å². The second-order valence-corrected chi connectivity index (χ2v) is 3.59. The fourth-order valence-corrected chi connectivity index (χ4v) is 1.74. The van der Waals surface area contributed by atoms with E-state index in [9.17, 15) is 5.11 Å². The minimum absolute atomic E-state index is 0.115. The first-order valence-electron chi connectivity index (χ1n) is 4.70. The van der Waals surface area contributed by atoms with Crippen molar-refractivity contribution < 1.29 is 5.11 Å². The first-order valence-corrected chi connectivity index (χ1v) is 4.70. The Bertz CT molecular complexity index is 260. The summed E-state index contributed by atoms with van der Waals surface area (Å²) in [4.78, 5) is 2.28. The maximum atomic E-state index is 9.33. The molecule has 1 unspecified atom stereocenters. The van der Waals surface area contributed by atoms with Crippen LogP contribution in [-0.2, 0) is 6.54 Å². The van der Waals surface area contributed by atoms with Gasteiger partial charge in [-0.2, -0.15) is 0 Å². The number of nitrogens with zero attached hydrogens (tertiary/aromatic N) is 1. The molecule has 1 aliphatic heterocycles. The smallest absolute Gasteiger partial charge is 0.0679 e. The fraction of sp³-hybridized carbons (Fsp3) is 0.455.